The highest BCUT2D eigenvalue weighted by atomic mass is 32.2. The first-order valence-electron chi connectivity index (χ1n) is 4.73. The van der Waals surface area contributed by atoms with Gasteiger partial charge < -0.3 is 10.3 Å². The van der Waals surface area contributed by atoms with E-state index in [1.54, 1.807) is 24.8 Å². The summed E-state index contributed by atoms with van der Waals surface area (Å²) in [5.41, 5.74) is 6.09. The van der Waals surface area contributed by atoms with Gasteiger partial charge in [0.25, 0.3) is 0 Å². The van der Waals surface area contributed by atoms with Crippen LogP contribution in [-0.4, -0.2) is 29.1 Å². The van der Waals surface area contributed by atoms with Crippen LogP contribution in [0.2, 0.25) is 0 Å². The van der Waals surface area contributed by atoms with E-state index in [1.807, 2.05) is 0 Å². The summed E-state index contributed by atoms with van der Waals surface area (Å²) in [7, 11) is 0. The average Bonchev–Trinajstić information content (AvgIpc) is 2.59. The van der Waals surface area contributed by atoms with Gasteiger partial charge in [0.2, 0.25) is 11.8 Å². The van der Waals surface area contributed by atoms with E-state index in [4.69, 9.17) is 10.3 Å². The first-order valence-corrected chi connectivity index (χ1v) is 5.89. The monoisotopic (exact) mass is 229 g/mol. The number of hydrogen-bond acceptors (Lipinski definition) is 5. The van der Waals surface area contributed by atoms with Crippen molar-refractivity contribution in [2.45, 2.75) is 13.3 Å². The van der Waals surface area contributed by atoms with E-state index >= 15 is 0 Å². The highest BCUT2D eigenvalue weighted by Crippen LogP contribution is 2.09. The summed E-state index contributed by atoms with van der Waals surface area (Å²) in [5.74, 6) is 1.64. The lowest BCUT2D eigenvalue weighted by atomic mass is 10.5. The predicted octanol–water partition coefficient (Wildman–Crippen LogP) is 1.00. The number of carbonyl (C=O) groups excluding carboxylic acids is 1. The number of thioether (sulfide) groups is 1. The molecule has 1 rings (SSSR count). The summed E-state index contributed by atoms with van der Waals surface area (Å²) in [6.45, 7) is 2.46. The third kappa shape index (κ3) is 4.85. The lowest BCUT2D eigenvalue weighted by Crippen LogP contribution is -2.14. The second kappa shape index (κ2) is 6.47. The molecule has 0 atom stereocenters. The maximum absolute atomic E-state index is 11.3. The Morgan fingerprint density at radius 2 is 2.53 bits per heavy atom. The van der Waals surface area contributed by atoms with Crippen LogP contribution in [0.1, 0.15) is 12.1 Å². The van der Waals surface area contributed by atoms with E-state index in [0.29, 0.717) is 18.2 Å². The first kappa shape index (κ1) is 12.1. The maximum atomic E-state index is 11.3. The van der Waals surface area contributed by atoms with Crippen molar-refractivity contribution < 1.29 is 9.32 Å². The van der Waals surface area contributed by atoms with Gasteiger partial charge in [-0.2, -0.15) is 11.8 Å². The fourth-order valence-corrected chi connectivity index (χ4v) is 1.72. The van der Waals surface area contributed by atoms with Crippen LogP contribution in [-0.2, 0) is 4.79 Å². The van der Waals surface area contributed by atoms with Gasteiger partial charge in [0, 0.05) is 6.07 Å². The minimum absolute atomic E-state index is 0.0758. The normalized spacial score (nSPS) is 10.3. The van der Waals surface area contributed by atoms with Crippen LogP contribution in [0, 0.1) is 6.92 Å². The fraction of sp³-hybridized carbons (Fsp3) is 0.556. The molecular weight excluding hydrogens is 214 g/mol. The molecule has 0 fully saturated rings. The Morgan fingerprint density at radius 1 is 1.73 bits per heavy atom. The van der Waals surface area contributed by atoms with E-state index in [1.165, 1.54) is 0 Å². The molecule has 0 aromatic carbocycles. The number of aromatic nitrogens is 1. The quantitative estimate of drug-likeness (QED) is 0.711. The van der Waals surface area contributed by atoms with Gasteiger partial charge >= 0.3 is 0 Å². The van der Waals surface area contributed by atoms with Crippen molar-refractivity contribution in [1.29, 1.82) is 0 Å². The van der Waals surface area contributed by atoms with Gasteiger partial charge in [-0.1, -0.05) is 5.16 Å². The summed E-state index contributed by atoms with van der Waals surface area (Å²) in [4.78, 5) is 11.3. The van der Waals surface area contributed by atoms with Crippen molar-refractivity contribution in [3.05, 3.63) is 11.8 Å². The SMILES string of the molecule is Cc1cc(NC(=O)CSCCCN)on1. The Kier molecular flexibility index (Phi) is 5.20. The van der Waals surface area contributed by atoms with E-state index in [2.05, 4.69) is 10.5 Å². The molecule has 1 amide bonds. The molecule has 0 aliphatic carbocycles. The highest BCUT2D eigenvalue weighted by Gasteiger charge is 2.05. The molecule has 0 spiro atoms. The summed E-state index contributed by atoms with van der Waals surface area (Å²) in [6, 6.07) is 1.68. The zero-order valence-electron chi connectivity index (χ0n) is 8.66. The Labute approximate surface area is 92.8 Å². The molecule has 84 valence electrons. The molecule has 6 heteroatoms. The van der Waals surface area contributed by atoms with Gasteiger partial charge in [-0.3, -0.25) is 10.1 Å². The molecule has 0 aliphatic heterocycles. The highest BCUT2D eigenvalue weighted by molar-refractivity contribution is 7.99. The van der Waals surface area contributed by atoms with Crippen LogP contribution >= 0.6 is 11.8 Å². The van der Waals surface area contributed by atoms with Gasteiger partial charge in [-0.25, -0.2) is 0 Å². The van der Waals surface area contributed by atoms with E-state index in [0.717, 1.165) is 17.9 Å². The Morgan fingerprint density at radius 3 is 3.13 bits per heavy atom. The minimum Gasteiger partial charge on any atom is -0.338 e. The van der Waals surface area contributed by atoms with Gasteiger partial charge in [0.15, 0.2) is 0 Å². The summed E-state index contributed by atoms with van der Waals surface area (Å²) in [5, 5.41) is 6.29. The van der Waals surface area contributed by atoms with Crippen LogP contribution < -0.4 is 11.1 Å². The van der Waals surface area contributed by atoms with Gasteiger partial charge in [0.05, 0.1) is 11.4 Å². The van der Waals surface area contributed by atoms with E-state index in [9.17, 15) is 4.79 Å². The molecule has 15 heavy (non-hydrogen) atoms. The number of rotatable bonds is 6. The molecule has 1 aromatic rings. The number of anilines is 1. The number of aryl methyl sites for hydroxylation is 1. The van der Waals surface area contributed by atoms with Crippen LogP contribution in [0.25, 0.3) is 0 Å². The minimum atomic E-state index is -0.0758. The van der Waals surface area contributed by atoms with Crippen LogP contribution in [0.15, 0.2) is 10.6 Å². The molecule has 0 saturated heterocycles. The van der Waals surface area contributed by atoms with Gasteiger partial charge in [-0.05, 0) is 25.6 Å². The molecule has 0 aliphatic rings. The zero-order chi connectivity index (χ0) is 11.1. The smallest absolute Gasteiger partial charge is 0.236 e. The van der Waals surface area contributed by atoms with Crippen molar-refractivity contribution >= 4 is 23.6 Å². The third-order valence-electron chi connectivity index (χ3n) is 1.62. The van der Waals surface area contributed by atoms with Crippen LogP contribution in [0.4, 0.5) is 5.88 Å². The third-order valence-corrected chi connectivity index (χ3v) is 2.66. The topological polar surface area (TPSA) is 81.2 Å². The second-order valence-electron chi connectivity index (χ2n) is 3.08. The molecule has 1 aromatic heterocycles. The Balaban J connectivity index is 2.18. The molecular formula is C9H15N3O2S. The summed E-state index contributed by atoms with van der Waals surface area (Å²) >= 11 is 1.56. The molecule has 1 heterocycles. The fourth-order valence-electron chi connectivity index (χ4n) is 0.946. The van der Waals surface area contributed by atoms with Crippen molar-refractivity contribution in [3.8, 4) is 0 Å². The Bertz CT molecular complexity index is 314. The second-order valence-corrected chi connectivity index (χ2v) is 4.18. The van der Waals surface area contributed by atoms with E-state index < -0.39 is 0 Å². The summed E-state index contributed by atoms with van der Waals surface area (Å²) in [6.07, 6.45) is 0.930. The van der Waals surface area contributed by atoms with E-state index in [-0.39, 0.29) is 5.91 Å². The first-order chi connectivity index (χ1) is 7.22. The van der Waals surface area contributed by atoms with Crippen molar-refractivity contribution in [3.63, 3.8) is 0 Å². The number of amides is 1. The van der Waals surface area contributed by atoms with Crippen LogP contribution in [0.5, 0.6) is 0 Å². The molecule has 3 N–H and O–H groups in total. The average molecular weight is 229 g/mol. The zero-order valence-corrected chi connectivity index (χ0v) is 9.47. The number of nitrogens with zero attached hydrogens (tertiary/aromatic N) is 1. The summed E-state index contributed by atoms with van der Waals surface area (Å²) < 4.78 is 4.85. The maximum Gasteiger partial charge on any atom is 0.236 e. The lowest BCUT2D eigenvalue weighted by Gasteiger charge is -2.00. The standard InChI is InChI=1S/C9H15N3O2S/c1-7-5-9(14-12-7)11-8(13)6-15-4-2-3-10/h5H,2-4,6,10H2,1H3,(H,11,13). The lowest BCUT2D eigenvalue weighted by molar-refractivity contribution is -0.113. The number of hydrogen-bond donors (Lipinski definition) is 2. The molecule has 0 radical (unpaired) electrons. The largest absolute Gasteiger partial charge is 0.338 e. The van der Waals surface area contributed by atoms with Crippen molar-refractivity contribution in [2.24, 2.45) is 5.73 Å². The van der Waals surface area contributed by atoms with Gasteiger partial charge in [-0.15, -0.1) is 0 Å². The number of nitrogens with two attached hydrogens (primary N) is 1. The molecule has 0 saturated carbocycles. The molecule has 0 bridgehead atoms. The van der Waals surface area contributed by atoms with Crippen molar-refractivity contribution in [2.75, 3.05) is 23.4 Å². The Hall–Kier alpha value is -1.01. The molecule has 5 nitrogen and oxygen atoms in total. The van der Waals surface area contributed by atoms with Gasteiger partial charge in [0.1, 0.15) is 0 Å². The number of carbonyl (C=O) groups is 1. The predicted molar refractivity (Wildman–Crippen MR) is 60.9 cm³/mol. The van der Waals surface area contributed by atoms with Crippen LogP contribution in [0.3, 0.4) is 0 Å². The molecule has 0 unspecified atom stereocenters. The van der Waals surface area contributed by atoms with Crippen molar-refractivity contribution in [1.82, 2.24) is 5.16 Å². The number of nitrogens with one attached hydrogen (secondary N) is 1.